The third-order valence-corrected chi connectivity index (χ3v) is 4.17. The third-order valence-electron chi connectivity index (χ3n) is 4.17. The Morgan fingerprint density at radius 2 is 2.25 bits per heavy atom. The van der Waals surface area contributed by atoms with E-state index in [9.17, 15) is 9.90 Å². The Balaban J connectivity index is 2.22. The normalized spacial score (nSPS) is 21.8. The fourth-order valence-electron chi connectivity index (χ4n) is 2.96. The van der Waals surface area contributed by atoms with Crippen molar-refractivity contribution in [2.45, 2.75) is 25.3 Å². The molecule has 1 saturated carbocycles. The molecular formula is C15H22N2O3. The number of phenols is 1. The van der Waals surface area contributed by atoms with Crippen molar-refractivity contribution in [3.05, 3.63) is 23.8 Å². The van der Waals surface area contributed by atoms with Crippen LogP contribution in [-0.4, -0.2) is 42.7 Å². The summed E-state index contributed by atoms with van der Waals surface area (Å²) in [6.07, 6.45) is 3.12. The average molecular weight is 278 g/mol. The minimum absolute atomic E-state index is 0.0232. The summed E-state index contributed by atoms with van der Waals surface area (Å²) < 4.78 is 5.11. The van der Waals surface area contributed by atoms with Gasteiger partial charge in [-0.15, -0.1) is 0 Å². The lowest BCUT2D eigenvalue weighted by Crippen LogP contribution is -2.41. The summed E-state index contributed by atoms with van der Waals surface area (Å²) in [6.45, 7) is 0.590. The van der Waals surface area contributed by atoms with E-state index in [1.807, 2.05) is 0 Å². The van der Waals surface area contributed by atoms with Gasteiger partial charge in [0.1, 0.15) is 11.5 Å². The molecule has 1 aromatic carbocycles. The number of benzene rings is 1. The highest BCUT2D eigenvalue weighted by Gasteiger charge is 2.32. The van der Waals surface area contributed by atoms with Gasteiger partial charge in [-0.05, 0) is 43.5 Å². The Morgan fingerprint density at radius 3 is 2.90 bits per heavy atom. The Labute approximate surface area is 119 Å². The van der Waals surface area contributed by atoms with E-state index in [1.54, 1.807) is 24.1 Å². The fourth-order valence-corrected chi connectivity index (χ4v) is 2.96. The zero-order chi connectivity index (χ0) is 14.7. The topological polar surface area (TPSA) is 75.8 Å². The van der Waals surface area contributed by atoms with Crippen LogP contribution < -0.4 is 10.5 Å². The summed E-state index contributed by atoms with van der Waals surface area (Å²) in [5, 5.41) is 9.89. The minimum Gasteiger partial charge on any atom is -0.507 e. The van der Waals surface area contributed by atoms with Crippen LogP contribution in [0.15, 0.2) is 18.2 Å². The number of amides is 1. The van der Waals surface area contributed by atoms with Crippen LogP contribution in [0, 0.1) is 5.92 Å². The van der Waals surface area contributed by atoms with E-state index >= 15 is 0 Å². The predicted molar refractivity (Wildman–Crippen MR) is 76.9 cm³/mol. The zero-order valence-electron chi connectivity index (χ0n) is 12.0. The maximum atomic E-state index is 12.6. The fraction of sp³-hybridized carbons (Fsp3) is 0.533. The number of rotatable bonds is 4. The number of nitrogens with two attached hydrogens (primary N) is 1. The first-order valence-corrected chi connectivity index (χ1v) is 6.92. The molecule has 1 amide bonds. The smallest absolute Gasteiger partial charge is 0.257 e. The highest BCUT2D eigenvalue weighted by atomic mass is 16.5. The molecule has 1 fully saturated rings. The summed E-state index contributed by atoms with van der Waals surface area (Å²) in [4.78, 5) is 14.3. The minimum atomic E-state index is -0.188. The van der Waals surface area contributed by atoms with Gasteiger partial charge in [-0.2, -0.15) is 0 Å². The van der Waals surface area contributed by atoms with E-state index in [4.69, 9.17) is 10.5 Å². The largest absolute Gasteiger partial charge is 0.507 e. The molecule has 1 aliphatic rings. The molecule has 0 radical (unpaired) electrons. The van der Waals surface area contributed by atoms with Crippen LogP contribution in [0.4, 0.5) is 0 Å². The second kappa shape index (κ2) is 6.13. The highest BCUT2D eigenvalue weighted by molar-refractivity contribution is 5.97. The molecule has 0 aliphatic heterocycles. The van der Waals surface area contributed by atoms with Crippen molar-refractivity contribution in [2.24, 2.45) is 11.7 Å². The lowest BCUT2D eigenvalue weighted by atomic mass is 10.0. The molecule has 5 nitrogen and oxygen atoms in total. The van der Waals surface area contributed by atoms with Crippen molar-refractivity contribution in [2.75, 3.05) is 20.7 Å². The second-order valence-corrected chi connectivity index (χ2v) is 5.29. The highest BCUT2D eigenvalue weighted by Crippen LogP contribution is 2.31. The molecule has 1 aliphatic carbocycles. The van der Waals surface area contributed by atoms with E-state index in [1.165, 1.54) is 13.2 Å². The van der Waals surface area contributed by atoms with Crippen LogP contribution in [0.3, 0.4) is 0 Å². The van der Waals surface area contributed by atoms with E-state index < -0.39 is 0 Å². The number of hydrogen-bond donors (Lipinski definition) is 2. The molecule has 2 atom stereocenters. The summed E-state index contributed by atoms with van der Waals surface area (Å²) >= 11 is 0. The quantitative estimate of drug-likeness (QED) is 0.877. The van der Waals surface area contributed by atoms with Crippen LogP contribution in [0.1, 0.15) is 29.6 Å². The van der Waals surface area contributed by atoms with Crippen LogP contribution in [-0.2, 0) is 0 Å². The van der Waals surface area contributed by atoms with E-state index in [0.29, 0.717) is 18.2 Å². The number of hydrogen-bond acceptors (Lipinski definition) is 4. The third kappa shape index (κ3) is 2.72. The van der Waals surface area contributed by atoms with Gasteiger partial charge in [-0.3, -0.25) is 4.79 Å². The van der Waals surface area contributed by atoms with Gasteiger partial charge in [0.2, 0.25) is 0 Å². The van der Waals surface area contributed by atoms with E-state index in [-0.39, 0.29) is 23.3 Å². The van der Waals surface area contributed by atoms with Gasteiger partial charge in [0.25, 0.3) is 5.91 Å². The van der Waals surface area contributed by atoms with Crippen molar-refractivity contribution >= 4 is 5.91 Å². The van der Waals surface area contributed by atoms with Crippen LogP contribution in [0.2, 0.25) is 0 Å². The molecule has 0 saturated heterocycles. The lowest BCUT2D eigenvalue weighted by molar-refractivity contribution is 0.0696. The second-order valence-electron chi connectivity index (χ2n) is 5.29. The number of methoxy groups -OCH3 is 1. The van der Waals surface area contributed by atoms with Gasteiger partial charge in [-0.1, -0.05) is 6.42 Å². The lowest BCUT2D eigenvalue weighted by Gasteiger charge is -2.29. The maximum absolute atomic E-state index is 12.6. The number of nitrogens with zero attached hydrogens (tertiary/aromatic N) is 1. The molecule has 2 rings (SSSR count). The SMILES string of the molecule is COc1ccc(O)c(C(=O)N(C)C2CCCC2CN)c1. The van der Waals surface area contributed by atoms with Crippen LogP contribution >= 0.6 is 0 Å². The molecule has 0 heterocycles. The number of phenolic OH excluding ortho intramolecular Hbond substituents is 1. The van der Waals surface area contributed by atoms with Crippen molar-refractivity contribution in [1.82, 2.24) is 4.90 Å². The molecule has 20 heavy (non-hydrogen) atoms. The van der Waals surface area contributed by atoms with Crippen LogP contribution in [0.5, 0.6) is 11.5 Å². The number of carbonyl (C=O) groups is 1. The molecular weight excluding hydrogens is 256 g/mol. The van der Waals surface area contributed by atoms with E-state index in [0.717, 1.165) is 19.3 Å². The van der Waals surface area contributed by atoms with Gasteiger partial charge < -0.3 is 20.5 Å². The van der Waals surface area contributed by atoms with Crippen molar-refractivity contribution in [3.8, 4) is 11.5 Å². The molecule has 110 valence electrons. The van der Waals surface area contributed by atoms with E-state index in [2.05, 4.69) is 0 Å². The average Bonchev–Trinajstić information content (AvgIpc) is 2.94. The number of aromatic hydroxyl groups is 1. The van der Waals surface area contributed by atoms with Gasteiger partial charge in [0.15, 0.2) is 0 Å². The summed E-state index contributed by atoms with van der Waals surface area (Å²) in [7, 11) is 3.31. The first kappa shape index (κ1) is 14.7. The molecule has 5 heteroatoms. The standard InChI is InChI=1S/C15H22N2O3/c1-17(13-5-3-4-10(13)9-16)15(19)12-8-11(20-2)6-7-14(12)18/h6-8,10,13,18H,3-5,9,16H2,1-2H3. The van der Waals surface area contributed by atoms with Gasteiger partial charge >= 0.3 is 0 Å². The molecule has 0 aromatic heterocycles. The Morgan fingerprint density at radius 1 is 1.50 bits per heavy atom. The number of carbonyl (C=O) groups excluding carboxylic acids is 1. The first-order chi connectivity index (χ1) is 9.58. The van der Waals surface area contributed by atoms with Crippen LogP contribution in [0.25, 0.3) is 0 Å². The molecule has 2 unspecified atom stereocenters. The molecule has 0 spiro atoms. The maximum Gasteiger partial charge on any atom is 0.257 e. The summed E-state index contributed by atoms with van der Waals surface area (Å²) in [5.41, 5.74) is 6.04. The number of ether oxygens (including phenoxy) is 1. The Kier molecular flexibility index (Phi) is 4.49. The first-order valence-electron chi connectivity index (χ1n) is 6.92. The van der Waals surface area contributed by atoms with Gasteiger partial charge in [0, 0.05) is 13.1 Å². The van der Waals surface area contributed by atoms with Gasteiger partial charge in [0.05, 0.1) is 12.7 Å². The Bertz CT molecular complexity index is 490. The van der Waals surface area contributed by atoms with Crippen molar-refractivity contribution in [1.29, 1.82) is 0 Å². The summed E-state index contributed by atoms with van der Waals surface area (Å²) in [5.74, 6) is 0.690. The molecule has 3 N–H and O–H groups in total. The Hall–Kier alpha value is -1.75. The molecule has 1 aromatic rings. The molecule has 0 bridgehead atoms. The van der Waals surface area contributed by atoms with Crippen molar-refractivity contribution in [3.63, 3.8) is 0 Å². The zero-order valence-corrected chi connectivity index (χ0v) is 12.0. The van der Waals surface area contributed by atoms with Gasteiger partial charge in [-0.25, -0.2) is 0 Å². The van der Waals surface area contributed by atoms with Crippen molar-refractivity contribution < 1.29 is 14.6 Å². The predicted octanol–water partition coefficient (Wildman–Crippen LogP) is 1.60. The monoisotopic (exact) mass is 278 g/mol. The summed E-state index contributed by atoms with van der Waals surface area (Å²) in [6, 6.07) is 4.83.